The summed E-state index contributed by atoms with van der Waals surface area (Å²) in [7, 11) is 0. The van der Waals surface area contributed by atoms with Crippen molar-refractivity contribution >= 4 is 40.7 Å². The molecule has 7 heteroatoms. The largest absolute Gasteiger partial charge is 0.457 e. The molecule has 3 aromatic rings. The molecule has 2 heterocycles. The first-order valence-corrected chi connectivity index (χ1v) is 10.2. The lowest BCUT2D eigenvalue weighted by Crippen LogP contribution is -2.36. The summed E-state index contributed by atoms with van der Waals surface area (Å²) < 4.78 is 25.5. The molecular formula is C23H18Cl2FNO3. The van der Waals surface area contributed by atoms with Crippen LogP contribution in [0.4, 0.5) is 10.1 Å². The Bertz CT molecular complexity index is 1100. The summed E-state index contributed by atoms with van der Waals surface area (Å²) in [4.78, 5) is 14.4. The van der Waals surface area contributed by atoms with Gasteiger partial charge in [-0.1, -0.05) is 29.3 Å². The molecule has 1 aliphatic heterocycles. The van der Waals surface area contributed by atoms with E-state index >= 15 is 0 Å². The summed E-state index contributed by atoms with van der Waals surface area (Å²) in [5.41, 5.74) is 1.41. The summed E-state index contributed by atoms with van der Waals surface area (Å²) in [5.74, 6) is 0.267. The fourth-order valence-electron chi connectivity index (χ4n) is 3.26. The molecule has 0 unspecified atom stereocenters. The van der Waals surface area contributed by atoms with Crippen LogP contribution in [0.2, 0.25) is 10.0 Å². The van der Waals surface area contributed by atoms with Gasteiger partial charge in [-0.05, 0) is 54.6 Å². The van der Waals surface area contributed by atoms with Crippen molar-refractivity contribution in [3.05, 3.63) is 81.8 Å². The lowest BCUT2D eigenvalue weighted by Gasteiger charge is -2.29. The van der Waals surface area contributed by atoms with E-state index < -0.39 is 5.82 Å². The Labute approximate surface area is 183 Å². The highest BCUT2D eigenvalue weighted by molar-refractivity contribution is 6.43. The molecule has 30 heavy (non-hydrogen) atoms. The third-order valence-corrected chi connectivity index (χ3v) is 5.65. The average molecular weight is 446 g/mol. The zero-order valence-electron chi connectivity index (χ0n) is 15.9. The number of anilines is 1. The third kappa shape index (κ3) is 4.43. The predicted octanol–water partition coefficient (Wildman–Crippen LogP) is 6.13. The zero-order valence-corrected chi connectivity index (χ0v) is 17.4. The van der Waals surface area contributed by atoms with Gasteiger partial charge < -0.3 is 14.1 Å². The fourth-order valence-corrected chi connectivity index (χ4v) is 3.65. The quantitative estimate of drug-likeness (QED) is 0.350. The van der Waals surface area contributed by atoms with E-state index in [2.05, 4.69) is 0 Å². The number of nitrogens with zero attached hydrogens (tertiary/aromatic N) is 1. The van der Waals surface area contributed by atoms with E-state index in [0.29, 0.717) is 59.1 Å². The minimum atomic E-state index is -0.424. The molecule has 154 valence electrons. The third-order valence-electron chi connectivity index (χ3n) is 4.83. The smallest absolute Gasteiger partial charge is 0.186 e. The van der Waals surface area contributed by atoms with Crippen LogP contribution in [-0.4, -0.2) is 32.1 Å². The average Bonchev–Trinajstić information content (AvgIpc) is 3.23. The number of furan rings is 1. The van der Waals surface area contributed by atoms with Crippen LogP contribution in [0.25, 0.3) is 17.4 Å². The fraction of sp³-hybridized carbons (Fsp3) is 0.174. The molecule has 0 N–H and O–H groups in total. The highest BCUT2D eigenvalue weighted by atomic mass is 35.5. The zero-order chi connectivity index (χ0) is 21.1. The van der Waals surface area contributed by atoms with Crippen LogP contribution < -0.4 is 4.90 Å². The van der Waals surface area contributed by atoms with Crippen LogP contribution in [0.3, 0.4) is 0 Å². The summed E-state index contributed by atoms with van der Waals surface area (Å²) in [5, 5.41) is 0.830. The van der Waals surface area contributed by atoms with Gasteiger partial charge >= 0.3 is 0 Å². The number of hydrogen-bond donors (Lipinski definition) is 0. The molecule has 0 atom stereocenters. The molecule has 0 radical (unpaired) electrons. The minimum absolute atomic E-state index is 0.269. The van der Waals surface area contributed by atoms with Gasteiger partial charge in [-0.2, -0.15) is 0 Å². The second-order valence-electron chi connectivity index (χ2n) is 6.77. The highest BCUT2D eigenvalue weighted by Crippen LogP contribution is 2.34. The van der Waals surface area contributed by atoms with Gasteiger partial charge in [0.1, 0.15) is 17.3 Å². The Balaban J connectivity index is 1.48. The Morgan fingerprint density at radius 3 is 2.63 bits per heavy atom. The van der Waals surface area contributed by atoms with Gasteiger partial charge in [-0.25, -0.2) is 4.39 Å². The molecule has 0 amide bonds. The van der Waals surface area contributed by atoms with Crippen molar-refractivity contribution in [2.24, 2.45) is 0 Å². The van der Waals surface area contributed by atoms with Crippen molar-refractivity contribution in [2.75, 3.05) is 31.2 Å². The SMILES string of the molecule is O=C(/C=C\c1ccc(-c2cccc(Cl)c2Cl)o1)c1ccc(N2CCOCC2)c(F)c1. The van der Waals surface area contributed by atoms with Crippen LogP contribution in [0, 0.1) is 5.82 Å². The molecule has 4 nitrogen and oxygen atoms in total. The Hall–Kier alpha value is -2.60. The molecule has 4 rings (SSSR count). The van der Waals surface area contributed by atoms with Gasteiger partial charge in [0.05, 0.1) is 28.9 Å². The summed E-state index contributed by atoms with van der Waals surface area (Å²) in [6, 6.07) is 13.3. The monoisotopic (exact) mass is 445 g/mol. The van der Waals surface area contributed by atoms with Crippen LogP contribution in [0.15, 0.2) is 59.0 Å². The van der Waals surface area contributed by atoms with E-state index in [1.165, 1.54) is 18.2 Å². The maximum Gasteiger partial charge on any atom is 0.186 e. The van der Waals surface area contributed by atoms with Crippen molar-refractivity contribution in [3.8, 4) is 11.3 Å². The standard InChI is InChI=1S/C23H18Cl2FNO3/c24-18-3-1-2-17(23(18)25)22-9-6-16(30-22)5-8-21(28)15-4-7-20(19(26)14-15)27-10-12-29-13-11-27/h1-9,14H,10-13H2/b8-5-. The maximum atomic E-state index is 14.5. The van der Waals surface area contributed by atoms with Crippen LogP contribution >= 0.6 is 23.2 Å². The van der Waals surface area contributed by atoms with E-state index in [1.807, 2.05) is 4.90 Å². The molecular weight excluding hydrogens is 428 g/mol. The first-order chi connectivity index (χ1) is 14.5. The number of ketones is 1. The van der Waals surface area contributed by atoms with Gasteiger partial charge in [0.25, 0.3) is 0 Å². The number of rotatable bonds is 5. The molecule has 1 fully saturated rings. The maximum absolute atomic E-state index is 14.5. The van der Waals surface area contributed by atoms with Gasteiger partial charge in [-0.3, -0.25) is 4.79 Å². The number of benzene rings is 2. The number of carbonyl (C=O) groups is 1. The number of carbonyl (C=O) groups excluding carboxylic acids is 1. The van der Waals surface area contributed by atoms with Gasteiger partial charge in [0, 0.05) is 24.2 Å². The van der Waals surface area contributed by atoms with E-state index in [9.17, 15) is 9.18 Å². The number of hydrogen-bond acceptors (Lipinski definition) is 4. The second-order valence-corrected chi connectivity index (χ2v) is 7.55. The number of morpholine rings is 1. The number of halogens is 3. The van der Waals surface area contributed by atoms with Crippen molar-refractivity contribution < 1.29 is 18.3 Å². The first kappa shape index (κ1) is 20.7. The van der Waals surface area contributed by atoms with E-state index in [-0.39, 0.29) is 11.3 Å². The molecule has 1 saturated heterocycles. The van der Waals surface area contributed by atoms with Crippen LogP contribution in [0.1, 0.15) is 16.1 Å². The summed E-state index contributed by atoms with van der Waals surface area (Å²) >= 11 is 12.3. The summed E-state index contributed by atoms with van der Waals surface area (Å²) in [6.45, 7) is 2.38. The van der Waals surface area contributed by atoms with E-state index in [0.717, 1.165) is 0 Å². The first-order valence-electron chi connectivity index (χ1n) is 9.42. The van der Waals surface area contributed by atoms with Crippen molar-refractivity contribution in [3.63, 3.8) is 0 Å². The predicted molar refractivity (Wildman–Crippen MR) is 117 cm³/mol. The van der Waals surface area contributed by atoms with Gasteiger partial charge in [0.15, 0.2) is 5.78 Å². The molecule has 0 saturated carbocycles. The van der Waals surface area contributed by atoms with Crippen molar-refractivity contribution in [1.29, 1.82) is 0 Å². The Kier molecular flexibility index (Phi) is 6.23. The van der Waals surface area contributed by atoms with Crippen LogP contribution in [0.5, 0.6) is 0 Å². The molecule has 1 aliphatic rings. The lowest BCUT2D eigenvalue weighted by molar-refractivity contribution is 0.104. The topological polar surface area (TPSA) is 42.7 Å². The Morgan fingerprint density at radius 2 is 1.87 bits per heavy atom. The molecule has 0 aliphatic carbocycles. The minimum Gasteiger partial charge on any atom is -0.457 e. The molecule has 0 bridgehead atoms. The van der Waals surface area contributed by atoms with Crippen molar-refractivity contribution in [1.82, 2.24) is 0 Å². The highest BCUT2D eigenvalue weighted by Gasteiger charge is 2.16. The van der Waals surface area contributed by atoms with E-state index in [4.69, 9.17) is 32.4 Å². The molecule has 2 aromatic carbocycles. The summed E-state index contributed by atoms with van der Waals surface area (Å²) in [6.07, 6.45) is 2.89. The van der Waals surface area contributed by atoms with Crippen LogP contribution in [-0.2, 0) is 4.74 Å². The van der Waals surface area contributed by atoms with Crippen molar-refractivity contribution in [2.45, 2.75) is 0 Å². The number of ether oxygens (including phenoxy) is 1. The van der Waals surface area contributed by atoms with Gasteiger partial charge in [-0.15, -0.1) is 0 Å². The second kappa shape index (κ2) is 9.04. The molecule has 1 aromatic heterocycles. The molecule has 0 spiro atoms. The lowest BCUT2D eigenvalue weighted by atomic mass is 10.1. The normalized spacial score (nSPS) is 14.4. The number of allylic oxidation sites excluding steroid dienone is 1. The van der Waals surface area contributed by atoms with Gasteiger partial charge in [0.2, 0.25) is 0 Å². The van der Waals surface area contributed by atoms with E-state index in [1.54, 1.807) is 42.5 Å². The Morgan fingerprint density at radius 1 is 1.07 bits per heavy atom.